The normalized spacial score (nSPS) is 7.25. The number of benzene rings is 1. The van der Waals surface area contributed by atoms with Crippen molar-refractivity contribution in [2.24, 2.45) is 0 Å². The molecule has 0 aliphatic rings. The van der Waals surface area contributed by atoms with Gasteiger partial charge in [-0.2, -0.15) is 0 Å². The molecule has 1 aromatic carbocycles. The summed E-state index contributed by atoms with van der Waals surface area (Å²) in [5, 5.41) is 0. The van der Waals surface area contributed by atoms with Crippen molar-refractivity contribution >= 4 is 5.78 Å². The van der Waals surface area contributed by atoms with Crippen LogP contribution in [0.1, 0.15) is 26.8 Å². The van der Waals surface area contributed by atoms with Gasteiger partial charge in [0.25, 0.3) is 0 Å². The Balaban J connectivity index is 0. The fourth-order valence-corrected chi connectivity index (χ4v) is 0.534. The number of hydrogen-bond donors (Lipinski definition) is 0. The van der Waals surface area contributed by atoms with Crippen LogP contribution in [-0.2, 0) is 4.79 Å². The predicted octanol–water partition coefficient (Wildman–Crippen LogP) is 3.23. The van der Waals surface area contributed by atoms with E-state index in [0.717, 1.165) is 0 Å². The SMILES string of the molecule is C.CC(C)=O.Cc1ccccc1. The summed E-state index contributed by atoms with van der Waals surface area (Å²) in [4.78, 5) is 9.44. The van der Waals surface area contributed by atoms with Crippen molar-refractivity contribution in [2.45, 2.75) is 28.2 Å². The molecular formula is C11H18O. The minimum Gasteiger partial charge on any atom is -0.300 e. The van der Waals surface area contributed by atoms with Crippen LogP contribution in [0.25, 0.3) is 0 Å². The number of carbonyl (C=O) groups is 1. The molecule has 0 aliphatic heterocycles. The molecule has 0 atom stereocenters. The van der Waals surface area contributed by atoms with E-state index in [1.54, 1.807) is 0 Å². The number of hydrogen-bond acceptors (Lipinski definition) is 1. The van der Waals surface area contributed by atoms with Gasteiger partial charge in [0.15, 0.2) is 0 Å². The zero-order valence-corrected chi connectivity index (χ0v) is 7.29. The summed E-state index contributed by atoms with van der Waals surface area (Å²) in [5.41, 5.74) is 1.32. The van der Waals surface area contributed by atoms with Crippen molar-refractivity contribution in [3.8, 4) is 0 Å². The second-order valence-electron chi connectivity index (χ2n) is 2.56. The molecule has 0 aliphatic carbocycles. The molecule has 0 aromatic heterocycles. The Morgan fingerprint density at radius 3 is 1.58 bits per heavy atom. The Morgan fingerprint density at radius 2 is 1.42 bits per heavy atom. The van der Waals surface area contributed by atoms with Crippen LogP contribution in [0.15, 0.2) is 30.3 Å². The Hall–Kier alpha value is -1.11. The quantitative estimate of drug-likeness (QED) is 0.578. The minimum atomic E-state index is 0. The van der Waals surface area contributed by atoms with Crippen LogP contribution in [0.4, 0.5) is 0 Å². The topological polar surface area (TPSA) is 17.1 Å². The molecule has 0 unspecified atom stereocenters. The van der Waals surface area contributed by atoms with Crippen molar-refractivity contribution in [3.05, 3.63) is 35.9 Å². The number of Topliss-reactive ketones (excluding diaryl/α,β-unsaturated/α-hetero) is 1. The summed E-state index contributed by atoms with van der Waals surface area (Å²) < 4.78 is 0. The maximum atomic E-state index is 9.44. The van der Waals surface area contributed by atoms with Gasteiger partial charge >= 0.3 is 0 Å². The average Bonchev–Trinajstić information content (AvgIpc) is 1.87. The third kappa shape index (κ3) is 11.7. The van der Waals surface area contributed by atoms with E-state index in [1.165, 1.54) is 19.4 Å². The van der Waals surface area contributed by atoms with E-state index in [1.807, 2.05) is 18.2 Å². The molecule has 0 saturated carbocycles. The molecule has 0 fully saturated rings. The first kappa shape index (κ1) is 13.5. The van der Waals surface area contributed by atoms with Crippen molar-refractivity contribution in [2.75, 3.05) is 0 Å². The van der Waals surface area contributed by atoms with E-state index in [9.17, 15) is 4.79 Å². The minimum absolute atomic E-state index is 0. The zero-order chi connectivity index (χ0) is 8.69. The molecule has 68 valence electrons. The molecule has 1 nitrogen and oxygen atoms in total. The Bertz CT molecular complexity index is 198. The van der Waals surface area contributed by atoms with E-state index in [2.05, 4.69) is 19.1 Å². The Morgan fingerprint density at radius 1 is 1.08 bits per heavy atom. The molecular weight excluding hydrogens is 148 g/mol. The summed E-state index contributed by atoms with van der Waals surface area (Å²) in [6, 6.07) is 10.3. The van der Waals surface area contributed by atoms with Gasteiger partial charge in [-0.25, -0.2) is 0 Å². The molecule has 1 aromatic rings. The Labute approximate surface area is 75.4 Å². The molecule has 12 heavy (non-hydrogen) atoms. The maximum absolute atomic E-state index is 9.44. The molecule has 0 heterocycles. The van der Waals surface area contributed by atoms with Crippen LogP contribution in [0.2, 0.25) is 0 Å². The Kier molecular flexibility index (Phi) is 8.98. The molecule has 0 radical (unpaired) electrons. The number of carbonyl (C=O) groups excluding carboxylic acids is 1. The first-order chi connectivity index (χ1) is 5.13. The largest absolute Gasteiger partial charge is 0.300 e. The molecule has 1 heteroatoms. The predicted molar refractivity (Wildman–Crippen MR) is 54.3 cm³/mol. The van der Waals surface area contributed by atoms with E-state index < -0.39 is 0 Å². The van der Waals surface area contributed by atoms with Crippen LogP contribution in [0.3, 0.4) is 0 Å². The second kappa shape index (κ2) is 7.99. The highest BCUT2D eigenvalue weighted by atomic mass is 16.1. The summed E-state index contributed by atoms with van der Waals surface area (Å²) in [7, 11) is 0. The second-order valence-corrected chi connectivity index (χ2v) is 2.56. The van der Waals surface area contributed by atoms with Crippen LogP contribution in [0.5, 0.6) is 0 Å². The highest BCUT2D eigenvalue weighted by molar-refractivity contribution is 5.72. The fraction of sp³-hybridized carbons (Fsp3) is 0.364. The van der Waals surface area contributed by atoms with Gasteiger partial charge in [-0.05, 0) is 20.8 Å². The molecule has 0 amide bonds. The maximum Gasteiger partial charge on any atom is 0.126 e. The van der Waals surface area contributed by atoms with Gasteiger partial charge in [0.05, 0.1) is 0 Å². The van der Waals surface area contributed by atoms with E-state index in [-0.39, 0.29) is 13.2 Å². The highest BCUT2D eigenvalue weighted by Crippen LogP contribution is 1.92. The molecule has 0 N–H and O–H groups in total. The van der Waals surface area contributed by atoms with Crippen LogP contribution < -0.4 is 0 Å². The lowest BCUT2D eigenvalue weighted by Gasteiger charge is -1.82. The van der Waals surface area contributed by atoms with Gasteiger partial charge in [0.1, 0.15) is 5.78 Å². The van der Waals surface area contributed by atoms with Crippen molar-refractivity contribution in [3.63, 3.8) is 0 Å². The van der Waals surface area contributed by atoms with Crippen molar-refractivity contribution in [1.29, 1.82) is 0 Å². The lowest BCUT2D eigenvalue weighted by molar-refractivity contribution is -0.114. The monoisotopic (exact) mass is 166 g/mol. The van der Waals surface area contributed by atoms with Crippen molar-refractivity contribution in [1.82, 2.24) is 0 Å². The summed E-state index contributed by atoms with van der Waals surface area (Å²) >= 11 is 0. The van der Waals surface area contributed by atoms with Crippen molar-refractivity contribution < 1.29 is 4.79 Å². The smallest absolute Gasteiger partial charge is 0.126 e. The van der Waals surface area contributed by atoms with Gasteiger partial charge < -0.3 is 4.79 Å². The van der Waals surface area contributed by atoms with E-state index in [0.29, 0.717) is 0 Å². The number of ketones is 1. The van der Waals surface area contributed by atoms with Gasteiger partial charge in [-0.15, -0.1) is 0 Å². The summed E-state index contributed by atoms with van der Waals surface area (Å²) in [6.45, 7) is 5.14. The van der Waals surface area contributed by atoms with Crippen LogP contribution in [0, 0.1) is 6.92 Å². The van der Waals surface area contributed by atoms with Gasteiger partial charge in [-0.1, -0.05) is 43.3 Å². The van der Waals surface area contributed by atoms with E-state index in [4.69, 9.17) is 0 Å². The van der Waals surface area contributed by atoms with E-state index >= 15 is 0 Å². The average molecular weight is 166 g/mol. The molecule has 0 saturated heterocycles. The number of rotatable bonds is 0. The third-order valence-electron chi connectivity index (χ3n) is 0.940. The number of aryl methyl sites for hydroxylation is 1. The van der Waals surface area contributed by atoms with Gasteiger partial charge in [0, 0.05) is 0 Å². The molecule has 0 bridgehead atoms. The zero-order valence-electron chi connectivity index (χ0n) is 7.29. The lowest BCUT2D eigenvalue weighted by Crippen LogP contribution is -1.69. The lowest BCUT2D eigenvalue weighted by atomic mass is 10.2. The third-order valence-corrected chi connectivity index (χ3v) is 0.940. The summed E-state index contributed by atoms with van der Waals surface area (Å²) in [6.07, 6.45) is 0. The van der Waals surface area contributed by atoms with Crippen LogP contribution in [-0.4, -0.2) is 5.78 Å². The first-order valence-electron chi connectivity index (χ1n) is 3.61. The van der Waals surface area contributed by atoms with Gasteiger partial charge in [-0.3, -0.25) is 0 Å². The van der Waals surface area contributed by atoms with Gasteiger partial charge in [0.2, 0.25) is 0 Å². The first-order valence-corrected chi connectivity index (χ1v) is 3.61. The standard InChI is InChI=1S/C7H8.C3H6O.CH4/c1-7-5-3-2-4-6-7;1-3(2)4;/h2-6H,1H3;1-2H3;1H4. The molecule has 1 rings (SSSR count). The molecule has 0 spiro atoms. The highest BCUT2D eigenvalue weighted by Gasteiger charge is 1.72. The summed E-state index contributed by atoms with van der Waals surface area (Å²) in [5.74, 6) is 0.167. The fourth-order valence-electron chi connectivity index (χ4n) is 0.534. The van der Waals surface area contributed by atoms with Crippen LogP contribution >= 0.6 is 0 Å².